The predicted molar refractivity (Wildman–Crippen MR) is 78.9 cm³/mol. The van der Waals surface area contributed by atoms with Crippen molar-refractivity contribution in [3.63, 3.8) is 0 Å². The Balaban J connectivity index is 2.02. The number of anilines is 1. The van der Waals surface area contributed by atoms with E-state index in [1.54, 1.807) is 12.1 Å². The van der Waals surface area contributed by atoms with E-state index in [9.17, 15) is 4.39 Å². The second kappa shape index (κ2) is 5.09. The SMILES string of the molecule is CC1(C)CCCCC1n1nnnc1-c1ccc(F)c(N)c1. The van der Waals surface area contributed by atoms with Gasteiger partial charge in [-0.1, -0.05) is 26.7 Å². The Morgan fingerprint density at radius 3 is 2.86 bits per heavy atom. The summed E-state index contributed by atoms with van der Waals surface area (Å²) in [5.74, 6) is 0.234. The molecule has 1 aliphatic carbocycles. The topological polar surface area (TPSA) is 69.6 Å². The normalized spacial score (nSPS) is 21.4. The highest BCUT2D eigenvalue weighted by molar-refractivity contribution is 5.61. The molecular formula is C15H20FN5. The molecule has 0 bridgehead atoms. The zero-order chi connectivity index (χ0) is 15.0. The Labute approximate surface area is 123 Å². The fourth-order valence-electron chi connectivity index (χ4n) is 3.21. The van der Waals surface area contributed by atoms with Crippen molar-refractivity contribution < 1.29 is 4.39 Å². The van der Waals surface area contributed by atoms with Crippen LogP contribution >= 0.6 is 0 Å². The fourth-order valence-corrected chi connectivity index (χ4v) is 3.21. The van der Waals surface area contributed by atoms with Crippen LogP contribution in [0.5, 0.6) is 0 Å². The van der Waals surface area contributed by atoms with Crippen LogP contribution in [-0.2, 0) is 0 Å². The van der Waals surface area contributed by atoms with E-state index in [1.165, 1.54) is 18.9 Å². The number of rotatable bonds is 2. The molecule has 0 amide bonds. The first-order valence-corrected chi connectivity index (χ1v) is 7.32. The highest BCUT2D eigenvalue weighted by Gasteiger charge is 2.35. The van der Waals surface area contributed by atoms with Gasteiger partial charge in [0.05, 0.1) is 11.7 Å². The third kappa shape index (κ3) is 2.50. The van der Waals surface area contributed by atoms with Crippen molar-refractivity contribution in [3.05, 3.63) is 24.0 Å². The number of nitrogens with zero attached hydrogens (tertiary/aromatic N) is 4. The van der Waals surface area contributed by atoms with Gasteiger partial charge in [-0.3, -0.25) is 0 Å². The van der Waals surface area contributed by atoms with Gasteiger partial charge in [0.2, 0.25) is 0 Å². The van der Waals surface area contributed by atoms with Crippen molar-refractivity contribution in [1.29, 1.82) is 0 Å². The number of nitrogen functional groups attached to an aromatic ring is 1. The highest BCUT2D eigenvalue weighted by atomic mass is 19.1. The smallest absolute Gasteiger partial charge is 0.182 e. The Kier molecular flexibility index (Phi) is 3.39. The van der Waals surface area contributed by atoms with Crippen molar-refractivity contribution in [2.75, 3.05) is 5.73 Å². The maximum atomic E-state index is 13.3. The van der Waals surface area contributed by atoms with Gasteiger partial charge in [-0.05, 0) is 46.9 Å². The minimum absolute atomic E-state index is 0.116. The van der Waals surface area contributed by atoms with Gasteiger partial charge < -0.3 is 5.73 Å². The van der Waals surface area contributed by atoms with Crippen molar-refractivity contribution in [1.82, 2.24) is 20.2 Å². The summed E-state index contributed by atoms with van der Waals surface area (Å²) in [6.45, 7) is 4.50. The standard InChI is InChI=1S/C15H20FN5/c1-15(2)8-4-3-5-13(15)21-14(18-19-20-21)10-6-7-11(16)12(17)9-10/h6-7,9,13H,3-5,8,17H2,1-2H3. The third-order valence-electron chi connectivity index (χ3n) is 4.49. The lowest BCUT2D eigenvalue weighted by molar-refractivity contribution is 0.132. The molecule has 1 aromatic carbocycles. The quantitative estimate of drug-likeness (QED) is 0.862. The van der Waals surface area contributed by atoms with Crippen molar-refractivity contribution in [2.24, 2.45) is 5.41 Å². The Bertz CT molecular complexity index is 649. The van der Waals surface area contributed by atoms with Gasteiger partial charge in [0, 0.05) is 5.56 Å². The number of tetrazole rings is 1. The number of hydrogen-bond donors (Lipinski definition) is 1. The van der Waals surface area contributed by atoms with Crippen LogP contribution in [0.2, 0.25) is 0 Å². The van der Waals surface area contributed by atoms with E-state index in [0.29, 0.717) is 5.82 Å². The zero-order valence-electron chi connectivity index (χ0n) is 12.4. The van der Waals surface area contributed by atoms with Crippen LogP contribution in [0.25, 0.3) is 11.4 Å². The molecule has 1 aliphatic rings. The summed E-state index contributed by atoms with van der Waals surface area (Å²) in [7, 11) is 0. The van der Waals surface area contributed by atoms with Gasteiger partial charge in [0.25, 0.3) is 0 Å². The average molecular weight is 289 g/mol. The first-order valence-electron chi connectivity index (χ1n) is 7.32. The van der Waals surface area contributed by atoms with Crippen molar-refractivity contribution in [2.45, 2.75) is 45.6 Å². The lowest BCUT2D eigenvalue weighted by atomic mass is 9.73. The fraction of sp³-hybridized carbons (Fsp3) is 0.533. The molecule has 1 aromatic heterocycles. The third-order valence-corrected chi connectivity index (χ3v) is 4.49. The molecule has 5 nitrogen and oxygen atoms in total. The van der Waals surface area contributed by atoms with E-state index in [-0.39, 0.29) is 17.1 Å². The molecule has 1 unspecified atom stereocenters. The number of benzene rings is 1. The van der Waals surface area contributed by atoms with Gasteiger partial charge in [-0.2, -0.15) is 0 Å². The second-order valence-corrected chi connectivity index (χ2v) is 6.43. The summed E-state index contributed by atoms with van der Waals surface area (Å²) in [6.07, 6.45) is 4.63. The molecule has 1 fully saturated rings. The summed E-state index contributed by atoms with van der Waals surface area (Å²) in [4.78, 5) is 0. The Hall–Kier alpha value is -1.98. The molecule has 0 saturated heterocycles. The number of nitrogens with two attached hydrogens (primary N) is 1. The van der Waals surface area contributed by atoms with E-state index in [2.05, 4.69) is 29.4 Å². The molecule has 6 heteroatoms. The van der Waals surface area contributed by atoms with E-state index in [1.807, 2.05) is 4.68 Å². The number of halogens is 1. The molecule has 1 heterocycles. The van der Waals surface area contributed by atoms with Gasteiger partial charge in [0.15, 0.2) is 5.82 Å². The molecular weight excluding hydrogens is 269 g/mol. The Morgan fingerprint density at radius 2 is 2.14 bits per heavy atom. The number of hydrogen-bond acceptors (Lipinski definition) is 4. The summed E-state index contributed by atoms with van der Waals surface area (Å²) >= 11 is 0. The zero-order valence-corrected chi connectivity index (χ0v) is 12.4. The predicted octanol–water partition coefficient (Wildman–Crippen LogP) is 3.20. The van der Waals surface area contributed by atoms with Gasteiger partial charge in [0.1, 0.15) is 5.82 Å². The van der Waals surface area contributed by atoms with Crippen LogP contribution in [0.1, 0.15) is 45.6 Å². The molecule has 0 spiro atoms. The van der Waals surface area contributed by atoms with Gasteiger partial charge in [-0.25, -0.2) is 9.07 Å². The molecule has 1 atom stereocenters. The second-order valence-electron chi connectivity index (χ2n) is 6.43. The summed E-state index contributed by atoms with van der Waals surface area (Å²) in [5.41, 5.74) is 6.67. The maximum Gasteiger partial charge on any atom is 0.182 e. The molecule has 1 saturated carbocycles. The van der Waals surface area contributed by atoms with Crippen molar-refractivity contribution in [3.8, 4) is 11.4 Å². The van der Waals surface area contributed by atoms with Crippen LogP contribution in [0.15, 0.2) is 18.2 Å². The van der Waals surface area contributed by atoms with Gasteiger partial charge in [-0.15, -0.1) is 5.10 Å². The largest absolute Gasteiger partial charge is 0.396 e. The van der Waals surface area contributed by atoms with E-state index < -0.39 is 5.82 Å². The lowest BCUT2D eigenvalue weighted by Gasteiger charge is -2.38. The van der Waals surface area contributed by atoms with E-state index in [0.717, 1.165) is 18.4 Å². The maximum absolute atomic E-state index is 13.3. The molecule has 112 valence electrons. The molecule has 21 heavy (non-hydrogen) atoms. The summed E-state index contributed by atoms with van der Waals surface area (Å²) in [5, 5.41) is 12.1. The summed E-state index contributed by atoms with van der Waals surface area (Å²) < 4.78 is 15.2. The Morgan fingerprint density at radius 1 is 1.33 bits per heavy atom. The first-order chi connectivity index (χ1) is 9.99. The highest BCUT2D eigenvalue weighted by Crippen LogP contribution is 2.44. The molecule has 0 radical (unpaired) electrons. The van der Waals surface area contributed by atoms with Crippen LogP contribution in [0, 0.1) is 11.2 Å². The molecule has 3 rings (SSSR count). The molecule has 2 N–H and O–H groups in total. The summed E-state index contributed by atoms with van der Waals surface area (Å²) in [6, 6.07) is 4.87. The minimum atomic E-state index is -0.421. The van der Waals surface area contributed by atoms with Crippen molar-refractivity contribution >= 4 is 5.69 Å². The number of aromatic nitrogens is 4. The first kappa shape index (κ1) is 14.0. The minimum Gasteiger partial charge on any atom is -0.396 e. The van der Waals surface area contributed by atoms with Crippen LogP contribution in [-0.4, -0.2) is 20.2 Å². The van der Waals surface area contributed by atoms with E-state index >= 15 is 0 Å². The van der Waals surface area contributed by atoms with E-state index in [4.69, 9.17) is 5.73 Å². The lowest BCUT2D eigenvalue weighted by Crippen LogP contribution is -2.31. The van der Waals surface area contributed by atoms with Crippen LogP contribution in [0.3, 0.4) is 0 Å². The monoisotopic (exact) mass is 289 g/mol. The van der Waals surface area contributed by atoms with Crippen LogP contribution in [0.4, 0.5) is 10.1 Å². The average Bonchev–Trinajstić information content (AvgIpc) is 2.90. The molecule has 0 aliphatic heterocycles. The van der Waals surface area contributed by atoms with Crippen LogP contribution < -0.4 is 5.73 Å². The van der Waals surface area contributed by atoms with Gasteiger partial charge >= 0.3 is 0 Å². The molecule has 2 aromatic rings.